The Hall–Kier alpha value is -1.82. The minimum Gasteiger partial charge on any atom is -0.334 e. The van der Waals surface area contributed by atoms with Gasteiger partial charge in [-0.1, -0.05) is 5.16 Å². The third-order valence-corrected chi connectivity index (χ3v) is 2.02. The van der Waals surface area contributed by atoms with Gasteiger partial charge < -0.3 is 10.3 Å². The van der Waals surface area contributed by atoms with Crippen LogP contribution in [0, 0.1) is 11.6 Å². The minimum atomic E-state index is -0.960. The molecule has 1 heterocycles. The van der Waals surface area contributed by atoms with E-state index in [1.165, 1.54) is 6.07 Å². The molecule has 84 valence electrons. The largest absolute Gasteiger partial charge is 0.334 e. The maximum atomic E-state index is 12.9. The number of rotatable bonds is 2. The van der Waals surface area contributed by atoms with Crippen molar-refractivity contribution in [3.8, 4) is 11.5 Å². The summed E-state index contributed by atoms with van der Waals surface area (Å²) >= 11 is 0. The highest BCUT2D eigenvalue weighted by Gasteiger charge is 2.13. The van der Waals surface area contributed by atoms with Gasteiger partial charge in [0.05, 0.1) is 6.04 Å². The summed E-state index contributed by atoms with van der Waals surface area (Å²) < 4.78 is 30.5. The Bertz CT molecular complexity index is 511. The third-order valence-electron chi connectivity index (χ3n) is 2.02. The van der Waals surface area contributed by atoms with Crippen molar-refractivity contribution in [1.29, 1.82) is 0 Å². The highest BCUT2D eigenvalue weighted by atomic mass is 19.2. The molecule has 1 aromatic carbocycles. The van der Waals surface area contributed by atoms with Crippen molar-refractivity contribution in [1.82, 2.24) is 10.1 Å². The maximum Gasteiger partial charge on any atom is 0.258 e. The Morgan fingerprint density at radius 2 is 2.06 bits per heavy atom. The number of halogens is 2. The van der Waals surface area contributed by atoms with E-state index < -0.39 is 11.6 Å². The van der Waals surface area contributed by atoms with E-state index in [4.69, 9.17) is 10.3 Å². The summed E-state index contributed by atoms with van der Waals surface area (Å²) in [6.07, 6.45) is 0. The van der Waals surface area contributed by atoms with Gasteiger partial charge in [0, 0.05) is 5.56 Å². The second kappa shape index (κ2) is 3.97. The molecule has 0 aliphatic rings. The highest BCUT2D eigenvalue weighted by Crippen LogP contribution is 2.20. The second-order valence-corrected chi connectivity index (χ2v) is 3.38. The highest BCUT2D eigenvalue weighted by molar-refractivity contribution is 5.52. The first-order chi connectivity index (χ1) is 7.58. The summed E-state index contributed by atoms with van der Waals surface area (Å²) in [6.45, 7) is 1.69. The van der Waals surface area contributed by atoms with Gasteiger partial charge in [-0.3, -0.25) is 0 Å². The van der Waals surface area contributed by atoms with Crippen LogP contribution in [-0.2, 0) is 0 Å². The lowest BCUT2D eigenvalue weighted by molar-refractivity contribution is 0.417. The number of aromatic nitrogens is 2. The standard InChI is InChI=1S/C10H9F2N3O/c1-5(13)9-14-10(16-15-9)6-2-3-7(11)8(12)4-6/h2-5H,13H2,1H3. The fraction of sp³-hybridized carbons (Fsp3) is 0.200. The van der Waals surface area contributed by atoms with Crippen LogP contribution >= 0.6 is 0 Å². The number of benzene rings is 1. The molecule has 0 spiro atoms. The van der Waals surface area contributed by atoms with Crippen molar-refractivity contribution in [2.24, 2.45) is 5.73 Å². The molecule has 4 nitrogen and oxygen atoms in total. The van der Waals surface area contributed by atoms with Gasteiger partial charge in [0.15, 0.2) is 17.5 Å². The zero-order chi connectivity index (χ0) is 11.7. The van der Waals surface area contributed by atoms with E-state index in [0.717, 1.165) is 12.1 Å². The Kier molecular flexibility index (Phi) is 2.66. The van der Waals surface area contributed by atoms with Gasteiger partial charge in [0.1, 0.15) is 0 Å². The summed E-state index contributed by atoms with van der Waals surface area (Å²) in [6, 6.07) is 2.98. The molecule has 16 heavy (non-hydrogen) atoms. The van der Waals surface area contributed by atoms with Gasteiger partial charge in [0.2, 0.25) is 0 Å². The summed E-state index contributed by atoms with van der Waals surface area (Å²) in [7, 11) is 0. The van der Waals surface area contributed by atoms with Crippen LogP contribution in [0.2, 0.25) is 0 Å². The monoisotopic (exact) mass is 225 g/mol. The molecule has 2 aromatic rings. The smallest absolute Gasteiger partial charge is 0.258 e. The van der Waals surface area contributed by atoms with Gasteiger partial charge in [-0.15, -0.1) is 0 Å². The van der Waals surface area contributed by atoms with E-state index in [1.807, 2.05) is 0 Å². The van der Waals surface area contributed by atoms with Crippen molar-refractivity contribution in [3.05, 3.63) is 35.7 Å². The first kappa shape index (κ1) is 10.7. The summed E-state index contributed by atoms with van der Waals surface area (Å²) in [5, 5.41) is 3.62. The van der Waals surface area contributed by atoms with Gasteiger partial charge in [-0.05, 0) is 25.1 Å². The first-order valence-electron chi connectivity index (χ1n) is 4.62. The SMILES string of the molecule is CC(N)c1noc(-c2ccc(F)c(F)c2)n1. The van der Waals surface area contributed by atoms with Crippen molar-refractivity contribution in [2.45, 2.75) is 13.0 Å². The van der Waals surface area contributed by atoms with Gasteiger partial charge in [-0.2, -0.15) is 4.98 Å². The summed E-state index contributed by atoms with van der Waals surface area (Å²) in [4.78, 5) is 3.96. The number of hydrogen-bond acceptors (Lipinski definition) is 4. The molecule has 2 rings (SSSR count). The topological polar surface area (TPSA) is 64.9 Å². The van der Waals surface area contributed by atoms with Gasteiger partial charge in [-0.25, -0.2) is 8.78 Å². The molecule has 0 aliphatic carbocycles. The lowest BCUT2D eigenvalue weighted by Crippen LogP contribution is -2.06. The zero-order valence-electron chi connectivity index (χ0n) is 8.45. The van der Waals surface area contributed by atoms with Crippen LogP contribution < -0.4 is 5.73 Å². The van der Waals surface area contributed by atoms with E-state index in [0.29, 0.717) is 11.4 Å². The van der Waals surface area contributed by atoms with Crippen LogP contribution in [0.3, 0.4) is 0 Å². The molecular formula is C10H9F2N3O. The molecule has 2 N–H and O–H groups in total. The lowest BCUT2D eigenvalue weighted by atomic mass is 10.2. The fourth-order valence-corrected chi connectivity index (χ4v) is 1.17. The Balaban J connectivity index is 2.39. The van der Waals surface area contributed by atoms with Crippen molar-refractivity contribution in [2.75, 3.05) is 0 Å². The normalized spacial score (nSPS) is 12.8. The van der Waals surface area contributed by atoms with E-state index in [-0.39, 0.29) is 11.9 Å². The van der Waals surface area contributed by atoms with Crippen LogP contribution in [0.4, 0.5) is 8.78 Å². The molecule has 1 aromatic heterocycles. The van der Waals surface area contributed by atoms with E-state index >= 15 is 0 Å². The second-order valence-electron chi connectivity index (χ2n) is 3.38. The quantitative estimate of drug-likeness (QED) is 0.849. The van der Waals surface area contributed by atoms with Crippen LogP contribution in [0.25, 0.3) is 11.5 Å². The molecule has 0 bridgehead atoms. The van der Waals surface area contributed by atoms with Gasteiger partial charge >= 0.3 is 0 Å². The van der Waals surface area contributed by atoms with E-state index in [1.54, 1.807) is 6.92 Å². The van der Waals surface area contributed by atoms with E-state index in [2.05, 4.69) is 10.1 Å². The molecule has 0 saturated heterocycles. The Morgan fingerprint density at radius 1 is 1.31 bits per heavy atom. The number of hydrogen-bond donors (Lipinski definition) is 1. The maximum absolute atomic E-state index is 12.9. The summed E-state index contributed by atoms with van der Waals surface area (Å²) in [5.74, 6) is -1.44. The first-order valence-corrected chi connectivity index (χ1v) is 4.62. The Morgan fingerprint density at radius 3 is 2.62 bits per heavy atom. The number of nitrogens with zero attached hydrogens (tertiary/aromatic N) is 2. The average Bonchev–Trinajstić information content (AvgIpc) is 2.71. The number of nitrogens with two attached hydrogens (primary N) is 1. The van der Waals surface area contributed by atoms with Crippen LogP contribution in [0.5, 0.6) is 0 Å². The Labute approximate surface area is 90.1 Å². The molecular weight excluding hydrogens is 216 g/mol. The molecule has 0 fully saturated rings. The lowest BCUT2D eigenvalue weighted by Gasteiger charge is -1.96. The minimum absolute atomic E-state index is 0.117. The molecule has 0 radical (unpaired) electrons. The molecule has 0 saturated carbocycles. The van der Waals surface area contributed by atoms with E-state index in [9.17, 15) is 8.78 Å². The van der Waals surface area contributed by atoms with Crippen molar-refractivity contribution < 1.29 is 13.3 Å². The molecule has 6 heteroatoms. The summed E-state index contributed by atoms with van der Waals surface area (Å²) in [5.41, 5.74) is 5.86. The van der Waals surface area contributed by atoms with Crippen molar-refractivity contribution >= 4 is 0 Å². The predicted molar refractivity (Wildman–Crippen MR) is 52.3 cm³/mol. The third kappa shape index (κ3) is 1.92. The van der Waals surface area contributed by atoms with Crippen LogP contribution in [0.15, 0.2) is 22.7 Å². The molecule has 1 unspecified atom stereocenters. The molecule has 0 aliphatic heterocycles. The predicted octanol–water partition coefficient (Wildman–Crippen LogP) is 2.03. The van der Waals surface area contributed by atoms with Crippen LogP contribution in [0.1, 0.15) is 18.8 Å². The molecule has 0 amide bonds. The zero-order valence-corrected chi connectivity index (χ0v) is 8.45. The van der Waals surface area contributed by atoms with Crippen molar-refractivity contribution in [3.63, 3.8) is 0 Å². The van der Waals surface area contributed by atoms with Gasteiger partial charge in [0.25, 0.3) is 5.89 Å². The van der Waals surface area contributed by atoms with Crippen LogP contribution in [-0.4, -0.2) is 10.1 Å². The molecule has 1 atom stereocenters. The fourth-order valence-electron chi connectivity index (χ4n) is 1.17. The average molecular weight is 225 g/mol.